The lowest BCUT2D eigenvalue weighted by molar-refractivity contribution is -0.631. The van der Waals surface area contributed by atoms with Crippen LogP contribution in [-0.4, -0.2) is 15.0 Å². The van der Waals surface area contributed by atoms with Crippen LogP contribution < -0.4 is 21.6 Å². The number of aryl methyl sites for hydroxylation is 1. The van der Waals surface area contributed by atoms with Crippen molar-refractivity contribution in [1.29, 1.82) is 0 Å². The fourth-order valence-corrected chi connectivity index (χ4v) is 1.16. The summed E-state index contributed by atoms with van der Waals surface area (Å²) < 4.78 is 1.56. The van der Waals surface area contributed by atoms with E-state index in [1.807, 2.05) is 0 Å². The van der Waals surface area contributed by atoms with Crippen LogP contribution in [0.15, 0.2) is 4.79 Å². The lowest BCUT2D eigenvalue weighted by atomic mass is 10.5. The van der Waals surface area contributed by atoms with E-state index in [0.717, 1.165) is 0 Å². The Morgan fingerprint density at radius 2 is 2.08 bits per heavy atom. The maximum atomic E-state index is 11.3. The first-order chi connectivity index (χ1) is 6.09. The number of nitrogen functional groups attached to an aromatic ring is 2. The number of aromatic nitrogens is 4. The number of anilines is 2. The molecule has 0 aliphatic carbocycles. The van der Waals surface area contributed by atoms with Gasteiger partial charge < -0.3 is 11.5 Å². The molecule has 2 aromatic rings. The topological polar surface area (TPSA) is 117 Å². The van der Waals surface area contributed by atoms with Crippen molar-refractivity contribution in [3.05, 3.63) is 10.4 Å². The molecule has 2 aromatic heterocycles. The van der Waals surface area contributed by atoms with Gasteiger partial charge in [-0.05, 0) is 0 Å². The van der Waals surface area contributed by atoms with Gasteiger partial charge in [-0.2, -0.15) is 0 Å². The van der Waals surface area contributed by atoms with Crippen LogP contribution >= 0.6 is 0 Å². The number of aromatic amines is 2. The smallest absolute Gasteiger partial charge is 0.312 e. The number of nitrogens with zero attached hydrogens (tertiary/aromatic N) is 2. The zero-order valence-electron chi connectivity index (χ0n) is 6.96. The highest BCUT2D eigenvalue weighted by Gasteiger charge is 2.15. The molecule has 0 spiro atoms. The summed E-state index contributed by atoms with van der Waals surface area (Å²) >= 11 is 0. The number of hydrogen-bond acceptors (Lipinski definition) is 4. The lowest BCUT2D eigenvalue weighted by Crippen LogP contribution is -2.31. The van der Waals surface area contributed by atoms with Gasteiger partial charge in [0.15, 0.2) is 0 Å². The van der Waals surface area contributed by atoms with Crippen molar-refractivity contribution in [2.45, 2.75) is 0 Å². The summed E-state index contributed by atoms with van der Waals surface area (Å²) in [5.41, 5.74) is 11.4. The molecule has 2 rings (SSSR count). The first-order valence-electron chi connectivity index (χ1n) is 3.62. The monoisotopic (exact) mass is 181 g/mol. The third-order valence-corrected chi connectivity index (χ3v) is 1.85. The molecular formula is C6H9N6O+. The van der Waals surface area contributed by atoms with E-state index in [1.54, 1.807) is 11.6 Å². The number of imidazole rings is 1. The Balaban J connectivity index is 3.03. The van der Waals surface area contributed by atoms with Gasteiger partial charge in [-0.15, -0.1) is 0 Å². The second-order valence-electron chi connectivity index (χ2n) is 2.72. The summed E-state index contributed by atoms with van der Waals surface area (Å²) in [6.45, 7) is 0. The first-order valence-corrected chi connectivity index (χ1v) is 3.62. The molecule has 0 saturated heterocycles. The van der Waals surface area contributed by atoms with Gasteiger partial charge in [0, 0.05) is 0 Å². The SMILES string of the molecule is C[n+]1c(N)[nH]c2c(=O)[nH]c(N)nc21. The molecule has 0 aliphatic rings. The van der Waals surface area contributed by atoms with E-state index >= 15 is 0 Å². The Morgan fingerprint density at radius 1 is 1.38 bits per heavy atom. The summed E-state index contributed by atoms with van der Waals surface area (Å²) in [6.07, 6.45) is 0. The molecule has 0 radical (unpaired) electrons. The molecule has 2 heterocycles. The Kier molecular flexibility index (Phi) is 1.30. The van der Waals surface area contributed by atoms with Crippen molar-refractivity contribution in [3.8, 4) is 0 Å². The van der Waals surface area contributed by atoms with E-state index in [4.69, 9.17) is 11.5 Å². The average molecular weight is 181 g/mol. The fraction of sp³-hybridized carbons (Fsp3) is 0.167. The molecule has 0 amide bonds. The van der Waals surface area contributed by atoms with Gasteiger partial charge in [-0.25, -0.2) is 4.57 Å². The van der Waals surface area contributed by atoms with Crippen LogP contribution in [0.5, 0.6) is 0 Å². The molecule has 0 aromatic carbocycles. The maximum absolute atomic E-state index is 11.3. The fourth-order valence-electron chi connectivity index (χ4n) is 1.16. The molecule has 0 bridgehead atoms. The lowest BCUT2D eigenvalue weighted by Gasteiger charge is -1.88. The highest BCUT2D eigenvalue weighted by molar-refractivity contribution is 5.68. The van der Waals surface area contributed by atoms with E-state index in [9.17, 15) is 4.79 Å². The summed E-state index contributed by atoms with van der Waals surface area (Å²) in [7, 11) is 1.69. The highest BCUT2D eigenvalue weighted by Crippen LogP contribution is 2.01. The minimum Gasteiger partial charge on any atom is -0.359 e. The molecule has 0 saturated carbocycles. The van der Waals surface area contributed by atoms with E-state index in [0.29, 0.717) is 17.1 Å². The van der Waals surface area contributed by atoms with E-state index in [1.165, 1.54) is 0 Å². The number of nitrogens with one attached hydrogen (secondary N) is 2. The second kappa shape index (κ2) is 2.22. The van der Waals surface area contributed by atoms with Crippen molar-refractivity contribution in [2.75, 3.05) is 11.5 Å². The Morgan fingerprint density at radius 3 is 2.77 bits per heavy atom. The standard InChI is InChI=1S/C6H8N6O/c1-12-3-2(9-6(12)8)4(13)11-5(7)10-3/h1H3,(H5,7,8,9,10,11,13)/p+1. The Labute approximate surface area is 72.4 Å². The average Bonchev–Trinajstić information content (AvgIpc) is 2.32. The molecular weight excluding hydrogens is 172 g/mol. The van der Waals surface area contributed by atoms with Gasteiger partial charge in [0.2, 0.25) is 5.52 Å². The second-order valence-corrected chi connectivity index (χ2v) is 2.72. The van der Waals surface area contributed by atoms with Crippen LogP contribution in [0.1, 0.15) is 0 Å². The normalized spacial score (nSPS) is 10.8. The van der Waals surface area contributed by atoms with Crippen molar-refractivity contribution in [2.24, 2.45) is 7.05 Å². The maximum Gasteiger partial charge on any atom is 0.312 e. The van der Waals surface area contributed by atoms with Crippen molar-refractivity contribution >= 4 is 23.1 Å². The summed E-state index contributed by atoms with van der Waals surface area (Å²) in [4.78, 5) is 20.3. The van der Waals surface area contributed by atoms with Crippen LogP contribution in [0.2, 0.25) is 0 Å². The van der Waals surface area contributed by atoms with Crippen LogP contribution in [0, 0.1) is 0 Å². The molecule has 7 nitrogen and oxygen atoms in total. The largest absolute Gasteiger partial charge is 0.359 e. The van der Waals surface area contributed by atoms with Gasteiger partial charge >= 0.3 is 5.95 Å². The highest BCUT2D eigenvalue weighted by atomic mass is 16.1. The van der Waals surface area contributed by atoms with E-state index in [-0.39, 0.29) is 11.5 Å². The van der Waals surface area contributed by atoms with Gasteiger partial charge in [0.05, 0.1) is 7.05 Å². The van der Waals surface area contributed by atoms with Gasteiger partial charge in [0.25, 0.3) is 17.2 Å². The number of H-pyrrole nitrogens is 2. The minimum atomic E-state index is -0.324. The predicted molar refractivity (Wildman–Crippen MR) is 46.7 cm³/mol. The zero-order valence-corrected chi connectivity index (χ0v) is 6.96. The number of rotatable bonds is 0. The molecule has 0 atom stereocenters. The summed E-state index contributed by atoms with van der Waals surface area (Å²) in [5, 5.41) is 0. The number of nitrogens with two attached hydrogens (primary N) is 2. The van der Waals surface area contributed by atoms with Crippen LogP contribution in [0.3, 0.4) is 0 Å². The molecule has 6 N–H and O–H groups in total. The van der Waals surface area contributed by atoms with Crippen molar-refractivity contribution in [1.82, 2.24) is 15.0 Å². The number of hydrogen-bond donors (Lipinski definition) is 4. The van der Waals surface area contributed by atoms with Crippen LogP contribution in [0.25, 0.3) is 11.2 Å². The molecule has 13 heavy (non-hydrogen) atoms. The third-order valence-electron chi connectivity index (χ3n) is 1.85. The predicted octanol–water partition coefficient (Wildman–Crippen LogP) is -1.76. The molecule has 0 aliphatic heterocycles. The van der Waals surface area contributed by atoms with Gasteiger partial charge in [0.1, 0.15) is 0 Å². The Bertz CT molecular complexity index is 524. The van der Waals surface area contributed by atoms with Crippen molar-refractivity contribution < 1.29 is 4.57 Å². The Hall–Kier alpha value is -2.05. The van der Waals surface area contributed by atoms with E-state index < -0.39 is 0 Å². The number of fused-ring (bicyclic) bond motifs is 1. The molecule has 0 fully saturated rings. The van der Waals surface area contributed by atoms with Gasteiger partial charge in [-0.1, -0.05) is 4.98 Å². The quantitative estimate of drug-likeness (QED) is 0.360. The zero-order chi connectivity index (χ0) is 9.59. The molecule has 68 valence electrons. The van der Waals surface area contributed by atoms with Crippen LogP contribution in [0.4, 0.5) is 11.9 Å². The van der Waals surface area contributed by atoms with E-state index in [2.05, 4.69) is 15.0 Å². The minimum absolute atomic E-state index is 0.0760. The summed E-state index contributed by atoms with van der Waals surface area (Å²) in [5.74, 6) is 0.436. The van der Waals surface area contributed by atoms with Crippen molar-refractivity contribution in [3.63, 3.8) is 0 Å². The first kappa shape index (κ1) is 7.59. The summed E-state index contributed by atoms with van der Waals surface area (Å²) in [6, 6.07) is 0. The molecule has 7 heteroatoms. The third kappa shape index (κ3) is 0.934. The van der Waals surface area contributed by atoms with Crippen LogP contribution in [-0.2, 0) is 7.05 Å². The van der Waals surface area contributed by atoms with Gasteiger partial charge in [-0.3, -0.25) is 14.8 Å². The molecule has 0 unspecified atom stereocenters.